The van der Waals surface area contributed by atoms with Gasteiger partial charge >= 0.3 is 17.9 Å². The smallest absolute Gasteiger partial charge is 0.334 e. The van der Waals surface area contributed by atoms with E-state index in [4.69, 9.17) is 19.6 Å². The number of carbonyl (C=O) groups is 3. The van der Waals surface area contributed by atoms with Gasteiger partial charge in [0.1, 0.15) is 5.92 Å². The Bertz CT molecular complexity index is 2340. The van der Waals surface area contributed by atoms with Gasteiger partial charge in [-0.15, -0.1) is 0 Å². The van der Waals surface area contributed by atoms with Gasteiger partial charge < -0.3 is 39.6 Å². The van der Waals surface area contributed by atoms with Crippen LogP contribution in [-0.4, -0.2) is 65.2 Å². The van der Waals surface area contributed by atoms with Gasteiger partial charge in [-0.05, 0) is 98.2 Å². The molecule has 53 heavy (non-hydrogen) atoms. The van der Waals surface area contributed by atoms with Gasteiger partial charge in [-0.3, -0.25) is 15.0 Å². The average molecular weight is 720 g/mol. The van der Waals surface area contributed by atoms with Crippen LogP contribution in [0.5, 0.6) is 0 Å². The van der Waals surface area contributed by atoms with E-state index in [9.17, 15) is 19.5 Å². The van der Waals surface area contributed by atoms with Crippen molar-refractivity contribution in [2.24, 2.45) is 11.3 Å². The van der Waals surface area contributed by atoms with Gasteiger partial charge in [0.2, 0.25) is 0 Å². The highest BCUT2D eigenvalue weighted by Gasteiger charge is 2.55. The lowest BCUT2D eigenvalue weighted by Crippen LogP contribution is -2.40. The molecule has 0 aromatic carbocycles. The molecule has 1 saturated heterocycles. The Morgan fingerprint density at radius 3 is 2.17 bits per heavy atom. The number of methoxy groups -OCH3 is 3. The van der Waals surface area contributed by atoms with Crippen LogP contribution in [0.15, 0.2) is 41.3 Å². The van der Waals surface area contributed by atoms with E-state index in [0.717, 1.165) is 72.4 Å². The maximum atomic E-state index is 13.7. The summed E-state index contributed by atoms with van der Waals surface area (Å²) in [6, 6.07) is 0. The molecule has 2 unspecified atom stereocenters. The minimum absolute atomic E-state index is 0.0811. The van der Waals surface area contributed by atoms with E-state index in [2.05, 4.69) is 26.8 Å². The number of carboxylic acid groups (broad SMARTS) is 1. The zero-order valence-electron chi connectivity index (χ0n) is 31.1. The van der Waals surface area contributed by atoms with Crippen LogP contribution in [0.25, 0.3) is 30.4 Å². The quantitative estimate of drug-likeness (QED) is 0.105. The number of aromatic amines is 3. The molecule has 0 spiro atoms. The summed E-state index contributed by atoms with van der Waals surface area (Å²) in [4.78, 5) is 49.4. The predicted molar refractivity (Wildman–Crippen MR) is 203 cm³/mol. The van der Waals surface area contributed by atoms with Crippen molar-refractivity contribution < 1.29 is 33.7 Å². The molecule has 3 aliphatic rings. The number of hydrogen-bond donors (Lipinski definition) is 6. The molecule has 276 valence electrons. The molecule has 1 aliphatic carbocycles. The Morgan fingerprint density at radius 1 is 0.830 bits per heavy atom. The zero-order chi connectivity index (χ0) is 38.4. The topological polar surface area (TPSA) is 182 Å². The number of hydrogen-bond acceptors (Lipinski definition) is 8. The van der Waals surface area contributed by atoms with Crippen molar-refractivity contribution >= 4 is 54.2 Å². The molecule has 6 rings (SSSR count). The third-order valence-electron chi connectivity index (χ3n) is 10.9. The van der Waals surface area contributed by atoms with Gasteiger partial charge in [0, 0.05) is 63.3 Å². The fraction of sp³-hybridized carbons (Fsp3) is 0.317. The molecular weight excluding hydrogens is 674 g/mol. The Morgan fingerprint density at radius 2 is 1.51 bits per heavy atom. The van der Waals surface area contributed by atoms with E-state index in [-0.39, 0.29) is 24.3 Å². The summed E-state index contributed by atoms with van der Waals surface area (Å²) in [5.74, 6) is -3.03. The van der Waals surface area contributed by atoms with Gasteiger partial charge in [-0.1, -0.05) is 24.8 Å². The normalized spacial score (nSPS) is 18.5. The highest BCUT2D eigenvalue weighted by atomic mass is 16.5. The van der Waals surface area contributed by atoms with Crippen molar-refractivity contribution in [2.45, 2.75) is 53.4 Å². The number of H-pyrrole nitrogens is 3. The van der Waals surface area contributed by atoms with Gasteiger partial charge in [0.05, 0.1) is 32.3 Å². The number of nitrogens with one attached hydrogen (secondary N) is 5. The molecule has 6 N–H and O–H groups in total. The Hall–Kier alpha value is -6.04. The molecule has 8 bridgehead atoms. The van der Waals surface area contributed by atoms with Crippen LogP contribution in [0, 0.1) is 37.5 Å². The van der Waals surface area contributed by atoms with Crippen LogP contribution in [0.1, 0.15) is 75.9 Å². The third-order valence-corrected chi connectivity index (χ3v) is 10.9. The minimum atomic E-state index is -1.10. The summed E-state index contributed by atoms with van der Waals surface area (Å²) in [6.45, 7) is 12.0. The van der Waals surface area contributed by atoms with E-state index in [1.54, 1.807) is 6.08 Å². The highest BCUT2D eigenvalue weighted by Crippen LogP contribution is 2.55. The number of rotatable bonds is 9. The van der Waals surface area contributed by atoms with Crippen LogP contribution in [0.3, 0.4) is 0 Å². The monoisotopic (exact) mass is 719 g/mol. The minimum Gasteiger partial charge on any atom is -0.484 e. The fourth-order valence-corrected chi connectivity index (χ4v) is 7.87. The molecule has 2 atom stereocenters. The lowest BCUT2D eigenvalue weighted by Gasteiger charge is -2.36. The molecular formula is C41H45N5O7. The molecule has 0 saturated carbocycles. The second-order valence-electron chi connectivity index (χ2n) is 13.7. The van der Waals surface area contributed by atoms with Crippen LogP contribution in [-0.2, 0) is 41.4 Å². The standard InChI is InChI=1S/C41H45N5O7/c1-9-23-20(2)29-17-34-27-13-10-26(39(49)52-7)38(40(50)53-8)41(27,5)35(46-34)19-30-22(4)25(12-15-37(47)48)33(45-30)18-32-24(11-14-36(42)51-6)21(3)28(44-32)16-31(23)43-29/h9-10,13,16-19,38,42-46H,1,11-12,14-15H2,2-8H3,(H,47,48). The van der Waals surface area contributed by atoms with Crippen molar-refractivity contribution in [1.29, 1.82) is 5.41 Å². The van der Waals surface area contributed by atoms with E-state index in [1.165, 1.54) is 21.3 Å². The number of fused-ring (bicyclic) bond motifs is 11. The van der Waals surface area contributed by atoms with Crippen molar-refractivity contribution in [1.82, 2.24) is 20.3 Å². The first-order chi connectivity index (χ1) is 25.3. The third kappa shape index (κ3) is 6.28. The maximum Gasteiger partial charge on any atom is 0.334 e. The van der Waals surface area contributed by atoms with E-state index in [0.29, 0.717) is 24.2 Å². The number of carbonyl (C=O) groups excluding carboxylic acids is 2. The van der Waals surface area contributed by atoms with E-state index in [1.807, 2.05) is 64.2 Å². The van der Waals surface area contributed by atoms with E-state index >= 15 is 0 Å². The van der Waals surface area contributed by atoms with Crippen LogP contribution < -0.4 is 16.0 Å². The maximum absolute atomic E-state index is 13.7. The number of allylic oxidation sites excluding steroid dienone is 4. The van der Waals surface area contributed by atoms with Crippen LogP contribution >= 0.6 is 0 Å². The first kappa shape index (κ1) is 36.7. The molecule has 2 aliphatic heterocycles. The lowest BCUT2D eigenvalue weighted by molar-refractivity contribution is -0.150. The summed E-state index contributed by atoms with van der Waals surface area (Å²) >= 11 is 0. The van der Waals surface area contributed by atoms with Gasteiger partial charge in [0.15, 0.2) is 5.90 Å². The first-order valence-electron chi connectivity index (χ1n) is 17.4. The van der Waals surface area contributed by atoms with Crippen LogP contribution in [0.2, 0.25) is 0 Å². The highest BCUT2D eigenvalue weighted by molar-refractivity contribution is 5.98. The molecule has 3 aromatic heterocycles. The summed E-state index contributed by atoms with van der Waals surface area (Å²) in [7, 11) is 4.07. The zero-order valence-corrected chi connectivity index (χ0v) is 31.1. The van der Waals surface area contributed by atoms with Crippen molar-refractivity contribution in [3.8, 4) is 0 Å². The van der Waals surface area contributed by atoms with Crippen molar-refractivity contribution in [3.63, 3.8) is 0 Å². The molecule has 0 radical (unpaired) electrons. The number of carboxylic acids is 1. The molecule has 0 amide bonds. The molecule has 1 fully saturated rings. The van der Waals surface area contributed by atoms with Crippen molar-refractivity contribution in [2.75, 3.05) is 21.3 Å². The Labute approximate surface area is 307 Å². The number of esters is 2. The summed E-state index contributed by atoms with van der Waals surface area (Å²) in [6.07, 6.45) is 14.3. The predicted octanol–water partition coefficient (Wildman–Crippen LogP) is 4.60. The molecule has 12 heteroatoms. The van der Waals surface area contributed by atoms with Gasteiger partial charge in [0.25, 0.3) is 0 Å². The average Bonchev–Trinajstić information content (AvgIpc) is 3.79. The second kappa shape index (κ2) is 14.2. The lowest BCUT2D eigenvalue weighted by atomic mass is 9.64. The number of ether oxygens (including phenoxy) is 3. The number of aliphatic carboxylic acids is 1. The second-order valence-corrected chi connectivity index (χ2v) is 13.7. The number of aromatic nitrogens is 3. The largest absolute Gasteiger partial charge is 0.484 e. The van der Waals surface area contributed by atoms with Crippen molar-refractivity contribution in [3.05, 3.63) is 108 Å². The Balaban J connectivity index is 1.72. The molecule has 5 heterocycles. The molecule has 3 aromatic rings. The summed E-state index contributed by atoms with van der Waals surface area (Å²) < 4.78 is 15.6. The SMILES string of the molecule is C=Cc1c2[nH]c(c1C)C=C1NC(=Cc3[nH]c(c(CCC(=O)O)c3C)C=c3[nH]c(c(C)c3CCC(=N)OC)=C2)C2(C)C1=CC=C(C(=O)OC)C2C(=O)OC. The first-order valence-corrected chi connectivity index (χ1v) is 17.4. The Kier molecular flexibility index (Phi) is 9.83. The molecule has 12 nitrogen and oxygen atoms in total. The van der Waals surface area contributed by atoms with Crippen LogP contribution in [0.4, 0.5) is 0 Å². The van der Waals surface area contributed by atoms with Gasteiger partial charge in [-0.2, -0.15) is 0 Å². The van der Waals surface area contributed by atoms with Gasteiger partial charge in [-0.25, -0.2) is 4.79 Å². The summed E-state index contributed by atoms with van der Waals surface area (Å²) in [5, 5.41) is 23.1. The summed E-state index contributed by atoms with van der Waals surface area (Å²) in [5.41, 5.74) is 9.82. The van der Waals surface area contributed by atoms with E-state index < -0.39 is 29.2 Å². The fourth-order valence-electron chi connectivity index (χ4n) is 7.87.